The van der Waals surface area contributed by atoms with Crippen molar-refractivity contribution in [2.75, 3.05) is 5.73 Å². The topological polar surface area (TPSA) is 52.3 Å². The van der Waals surface area contributed by atoms with Crippen LogP contribution in [0, 0.1) is 5.82 Å². The summed E-state index contributed by atoms with van der Waals surface area (Å²) in [4.78, 5) is 11.2. The Morgan fingerprint density at radius 3 is 2.50 bits per heavy atom. The molecule has 0 saturated heterocycles. The number of anilines is 1. The number of benzene rings is 2. The molecule has 0 saturated carbocycles. The molecule has 0 aliphatic heterocycles. The fraction of sp³-hybridized carbons (Fsp3) is 0.0714. The van der Waals surface area contributed by atoms with E-state index in [0.717, 1.165) is 0 Å². The molecule has 0 fully saturated rings. The summed E-state index contributed by atoms with van der Waals surface area (Å²) in [5.41, 5.74) is 6.55. The molecule has 18 heavy (non-hydrogen) atoms. The molecule has 0 aliphatic rings. The number of hydrogen-bond acceptors (Lipinski definition) is 3. The minimum atomic E-state index is -0.465. The molecule has 0 spiro atoms. The third-order valence-corrected chi connectivity index (χ3v) is 2.47. The molecular formula is C14H12FNO2. The van der Waals surface area contributed by atoms with Crippen LogP contribution in [0.15, 0.2) is 42.5 Å². The van der Waals surface area contributed by atoms with E-state index in [1.807, 2.05) is 0 Å². The molecule has 0 atom stereocenters. The molecule has 2 N–H and O–H groups in total. The lowest BCUT2D eigenvalue weighted by Gasteiger charge is -2.09. The predicted octanol–water partition coefficient (Wildman–Crippen LogP) is 3.40. The fourth-order valence-corrected chi connectivity index (χ4v) is 1.51. The van der Waals surface area contributed by atoms with Gasteiger partial charge in [-0.3, -0.25) is 4.79 Å². The SMILES string of the molecule is CC(=O)c1ccc(Oc2ccccc2F)c(N)c1. The van der Waals surface area contributed by atoms with E-state index in [1.165, 1.54) is 25.1 Å². The van der Waals surface area contributed by atoms with Crippen molar-refractivity contribution in [1.29, 1.82) is 0 Å². The average Bonchev–Trinajstić information content (AvgIpc) is 2.34. The van der Waals surface area contributed by atoms with Gasteiger partial charge in [0.15, 0.2) is 23.1 Å². The van der Waals surface area contributed by atoms with E-state index >= 15 is 0 Å². The molecule has 4 heteroatoms. The lowest BCUT2D eigenvalue weighted by Crippen LogP contribution is -1.98. The largest absolute Gasteiger partial charge is 0.452 e. The van der Waals surface area contributed by atoms with Gasteiger partial charge in [-0.2, -0.15) is 0 Å². The van der Waals surface area contributed by atoms with E-state index in [9.17, 15) is 9.18 Å². The molecule has 0 aromatic heterocycles. The van der Waals surface area contributed by atoms with Gasteiger partial charge < -0.3 is 10.5 Å². The van der Waals surface area contributed by atoms with Gasteiger partial charge in [0.1, 0.15) is 0 Å². The summed E-state index contributed by atoms with van der Waals surface area (Å²) in [6.45, 7) is 1.45. The van der Waals surface area contributed by atoms with E-state index in [0.29, 0.717) is 17.0 Å². The molecule has 0 amide bonds. The Kier molecular flexibility index (Phi) is 3.28. The summed E-state index contributed by atoms with van der Waals surface area (Å²) in [6.07, 6.45) is 0. The number of ether oxygens (including phenoxy) is 1. The summed E-state index contributed by atoms with van der Waals surface area (Å²) in [6, 6.07) is 10.7. The van der Waals surface area contributed by atoms with E-state index < -0.39 is 5.82 Å². The molecule has 3 nitrogen and oxygen atoms in total. The Bertz CT molecular complexity index is 596. The van der Waals surface area contributed by atoms with Gasteiger partial charge in [-0.15, -0.1) is 0 Å². The van der Waals surface area contributed by atoms with Gasteiger partial charge in [0, 0.05) is 5.56 Å². The fourth-order valence-electron chi connectivity index (χ4n) is 1.51. The van der Waals surface area contributed by atoms with E-state index in [1.54, 1.807) is 24.3 Å². The predicted molar refractivity (Wildman–Crippen MR) is 67.3 cm³/mol. The monoisotopic (exact) mass is 245 g/mol. The first-order chi connectivity index (χ1) is 8.58. The number of para-hydroxylation sites is 1. The molecule has 0 aliphatic carbocycles. The Morgan fingerprint density at radius 1 is 1.17 bits per heavy atom. The summed E-state index contributed by atoms with van der Waals surface area (Å²) in [7, 11) is 0. The van der Waals surface area contributed by atoms with Crippen LogP contribution in [0.4, 0.5) is 10.1 Å². The third-order valence-electron chi connectivity index (χ3n) is 2.47. The second kappa shape index (κ2) is 4.87. The maximum Gasteiger partial charge on any atom is 0.165 e. The van der Waals surface area contributed by atoms with Crippen LogP contribution in [0.2, 0.25) is 0 Å². The zero-order valence-corrected chi connectivity index (χ0v) is 9.81. The molecule has 0 radical (unpaired) electrons. The van der Waals surface area contributed by atoms with Crippen molar-refractivity contribution < 1.29 is 13.9 Å². The smallest absolute Gasteiger partial charge is 0.165 e. The van der Waals surface area contributed by atoms with Crippen LogP contribution in [0.3, 0.4) is 0 Å². The molecule has 0 unspecified atom stereocenters. The Hall–Kier alpha value is -2.36. The average molecular weight is 245 g/mol. The number of ketones is 1. The Balaban J connectivity index is 2.30. The number of carbonyl (C=O) groups excluding carboxylic acids is 1. The lowest BCUT2D eigenvalue weighted by atomic mass is 10.1. The maximum absolute atomic E-state index is 13.4. The number of rotatable bonds is 3. The number of halogens is 1. The molecule has 0 heterocycles. The van der Waals surface area contributed by atoms with Gasteiger partial charge in [0.25, 0.3) is 0 Å². The molecular weight excluding hydrogens is 233 g/mol. The highest BCUT2D eigenvalue weighted by atomic mass is 19.1. The molecule has 2 rings (SSSR count). The zero-order valence-electron chi connectivity index (χ0n) is 9.81. The van der Waals surface area contributed by atoms with Crippen molar-refractivity contribution in [3.63, 3.8) is 0 Å². The van der Waals surface area contributed by atoms with Gasteiger partial charge >= 0.3 is 0 Å². The van der Waals surface area contributed by atoms with Crippen LogP contribution >= 0.6 is 0 Å². The van der Waals surface area contributed by atoms with Crippen molar-refractivity contribution >= 4 is 11.5 Å². The molecule has 0 bridgehead atoms. The van der Waals surface area contributed by atoms with Gasteiger partial charge in [-0.25, -0.2) is 4.39 Å². The van der Waals surface area contributed by atoms with Crippen LogP contribution in [0.5, 0.6) is 11.5 Å². The second-order valence-corrected chi connectivity index (χ2v) is 3.84. The van der Waals surface area contributed by atoms with Crippen molar-refractivity contribution in [3.05, 3.63) is 53.8 Å². The lowest BCUT2D eigenvalue weighted by molar-refractivity contribution is 0.101. The number of hydrogen-bond donors (Lipinski definition) is 1. The minimum Gasteiger partial charge on any atom is -0.452 e. The van der Waals surface area contributed by atoms with E-state index in [-0.39, 0.29) is 11.5 Å². The first kappa shape index (κ1) is 12.1. The van der Waals surface area contributed by atoms with Crippen molar-refractivity contribution in [2.45, 2.75) is 6.92 Å². The highest BCUT2D eigenvalue weighted by molar-refractivity contribution is 5.95. The summed E-state index contributed by atoms with van der Waals surface area (Å²) in [5.74, 6) is -0.128. The minimum absolute atomic E-state index is 0.0841. The van der Waals surface area contributed by atoms with Gasteiger partial charge in [0.05, 0.1) is 5.69 Å². The summed E-state index contributed by atoms with van der Waals surface area (Å²) >= 11 is 0. The third kappa shape index (κ3) is 2.48. The normalized spacial score (nSPS) is 10.1. The van der Waals surface area contributed by atoms with Crippen LogP contribution in [-0.4, -0.2) is 5.78 Å². The van der Waals surface area contributed by atoms with Crippen LogP contribution in [-0.2, 0) is 0 Å². The van der Waals surface area contributed by atoms with Crippen LogP contribution in [0.1, 0.15) is 17.3 Å². The second-order valence-electron chi connectivity index (χ2n) is 3.84. The Morgan fingerprint density at radius 2 is 1.89 bits per heavy atom. The van der Waals surface area contributed by atoms with Crippen molar-refractivity contribution in [1.82, 2.24) is 0 Å². The standard InChI is InChI=1S/C14H12FNO2/c1-9(17)10-6-7-14(12(16)8-10)18-13-5-3-2-4-11(13)15/h2-8H,16H2,1H3. The molecule has 92 valence electrons. The van der Waals surface area contributed by atoms with Crippen LogP contribution < -0.4 is 10.5 Å². The number of nitrogen functional groups attached to an aromatic ring is 1. The molecule has 2 aromatic rings. The van der Waals surface area contributed by atoms with Gasteiger partial charge in [-0.1, -0.05) is 12.1 Å². The quantitative estimate of drug-likeness (QED) is 0.666. The van der Waals surface area contributed by atoms with Gasteiger partial charge in [0.2, 0.25) is 0 Å². The maximum atomic E-state index is 13.4. The highest BCUT2D eigenvalue weighted by Crippen LogP contribution is 2.29. The highest BCUT2D eigenvalue weighted by Gasteiger charge is 2.08. The molecule has 2 aromatic carbocycles. The number of carbonyl (C=O) groups is 1. The van der Waals surface area contributed by atoms with E-state index in [2.05, 4.69) is 0 Å². The van der Waals surface area contributed by atoms with Crippen molar-refractivity contribution in [2.24, 2.45) is 0 Å². The number of Topliss-reactive ketones (excluding diaryl/α,β-unsaturated/α-hetero) is 1. The number of nitrogens with two attached hydrogens (primary N) is 1. The van der Waals surface area contributed by atoms with Crippen molar-refractivity contribution in [3.8, 4) is 11.5 Å². The summed E-state index contributed by atoms with van der Waals surface area (Å²) in [5, 5.41) is 0. The van der Waals surface area contributed by atoms with E-state index in [4.69, 9.17) is 10.5 Å². The summed E-state index contributed by atoms with van der Waals surface area (Å²) < 4.78 is 18.8. The zero-order chi connectivity index (χ0) is 13.1. The Labute approximate surface area is 104 Å². The first-order valence-corrected chi connectivity index (χ1v) is 5.41. The van der Waals surface area contributed by atoms with Crippen LogP contribution in [0.25, 0.3) is 0 Å². The first-order valence-electron chi connectivity index (χ1n) is 5.41. The van der Waals surface area contributed by atoms with Gasteiger partial charge in [-0.05, 0) is 37.3 Å².